The standard InChI is InChI=1S/C23H32O7/c1-21(2)11-8-12-22(3)19(21)16(13-15-14-29-20(25)23(15,22)26)30-17(24)9-6-7-10-18(27-4)28-5/h6-7,9-10,13,16,18-19,26H,8,11-12,14H2,1-5H3/b9-6+,10-7+/t16-,19+,22+,23+/m1/s1. The average Bonchev–Trinajstić information content (AvgIpc) is 2.97. The number of esters is 2. The molecule has 3 rings (SSSR count). The second-order valence-corrected chi connectivity index (χ2v) is 9.20. The first-order chi connectivity index (χ1) is 14.1. The molecule has 0 aromatic heterocycles. The average molecular weight is 421 g/mol. The Kier molecular flexibility index (Phi) is 6.28. The fraction of sp³-hybridized carbons (Fsp3) is 0.652. The summed E-state index contributed by atoms with van der Waals surface area (Å²) < 4.78 is 21.1. The van der Waals surface area contributed by atoms with Crippen molar-refractivity contribution in [1.29, 1.82) is 0 Å². The Morgan fingerprint density at radius 1 is 1.23 bits per heavy atom. The second kappa shape index (κ2) is 8.29. The quantitative estimate of drug-likeness (QED) is 0.232. The van der Waals surface area contributed by atoms with Crippen molar-refractivity contribution < 1.29 is 33.6 Å². The molecule has 0 radical (unpaired) electrons. The molecule has 1 heterocycles. The van der Waals surface area contributed by atoms with E-state index in [4.69, 9.17) is 18.9 Å². The first-order valence-corrected chi connectivity index (χ1v) is 10.3. The molecule has 7 nitrogen and oxygen atoms in total. The summed E-state index contributed by atoms with van der Waals surface area (Å²) in [6.45, 7) is 6.16. The predicted molar refractivity (Wildman–Crippen MR) is 109 cm³/mol. The largest absolute Gasteiger partial charge is 0.459 e. The van der Waals surface area contributed by atoms with E-state index in [0.717, 1.165) is 12.8 Å². The summed E-state index contributed by atoms with van der Waals surface area (Å²) >= 11 is 0. The summed E-state index contributed by atoms with van der Waals surface area (Å²) in [5.74, 6) is -1.32. The van der Waals surface area contributed by atoms with Crippen LogP contribution in [-0.4, -0.2) is 55.9 Å². The summed E-state index contributed by atoms with van der Waals surface area (Å²) in [4.78, 5) is 25.1. The molecule has 2 aliphatic carbocycles. The monoisotopic (exact) mass is 420 g/mol. The number of methoxy groups -OCH3 is 2. The molecule has 0 bridgehead atoms. The number of rotatable bonds is 6. The Hall–Kier alpha value is -1.96. The Morgan fingerprint density at radius 2 is 1.93 bits per heavy atom. The Morgan fingerprint density at radius 3 is 2.60 bits per heavy atom. The van der Waals surface area contributed by atoms with E-state index >= 15 is 0 Å². The summed E-state index contributed by atoms with van der Waals surface area (Å²) in [7, 11) is 3.04. The Labute approximate surface area is 177 Å². The smallest absolute Gasteiger partial charge is 0.343 e. The topological polar surface area (TPSA) is 91.3 Å². The molecule has 1 saturated carbocycles. The second-order valence-electron chi connectivity index (χ2n) is 9.20. The van der Waals surface area contributed by atoms with Gasteiger partial charge >= 0.3 is 11.9 Å². The molecule has 4 atom stereocenters. The maximum atomic E-state index is 12.5. The van der Waals surface area contributed by atoms with Gasteiger partial charge in [0.05, 0.1) is 0 Å². The van der Waals surface area contributed by atoms with E-state index in [1.807, 2.05) is 6.92 Å². The molecule has 0 aromatic carbocycles. The highest BCUT2D eigenvalue weighted by molar-refractivity contribution is 5.88. The highest BCUT2D eigenvalue weighted by Crippen LogP contribution is 2.63. The van der Waals surface area contributed by atoms with Gasteiger partial charge in [0.1, 0.15) is 12.7 Å². The summed E-state index contributed by atoms with van der Waals surface area (Å²) in [6.07, 6.45) is 9.35. The highest BCUT2D eigenvalue weighted by Gasteiger charge is 2.69. The molecule has 0 unspecified atom stereocenters. The van der Waals surface area contributed by atoms with E-state index in [0.29, 0.717) is 12.0 Å². The van der Waals surface area contributed by atoms with E-state index in [1.54, 1.807) is 24.3 Å². The van der Waals surface area contributed by atoms with Crippen LogP contribution in [0.2, 0.25) is 0 Å². The van der Waals surface area contributed by atoms with Gasteiger partial charge in [-0.25, -0.2) is 9.59 Å². The van der Waals surface area contributed by atoms with Crippen molar-refractivity contribution in [3.8, 4) is 0 Å². The van der Waals surface area contributed by atoms with Crippen LogP contribution >= 0.6 is 0 Å². The fourth-order valence-electron chi connectivity index (χ4n) is 5.66. The van der Waals surface area contributed by atoms with Crippen LogP contribution < -0.4 is 0 Å². The lowest BCUT2D eigenvalue weighted by atomic mass is 9.46. The number of ether oxygens (including phenoxy) is 4. The zero-order chi connectivity index (χ0) is 22.2. The van der Waals surface area contributed by atoms with Gasteiger partial charge in [-0.05, 0) is 30.4 Å². The maximum Gasteiger partial charge on any atom is 0.343 e. The first kappa shape index (κ1) is 22.7. The summed E-state index contributed by atoms with van der Waals surface area (Å²) in [6, 6.07) is 0. The molecule has 2 fully saturated rings. The first-order valence-electron chi connectivity index (χ1n) is 10.3. The molecule has 0 spiro atoms. The summed E-state index contributed by atoms with van der Waals surface area (Å²) in [5, 5.41) is 11.5. The lowest BCUT2D eigenvalue weighted by Crippen LogP contribution is -2.65. The van der Waals surface area contributed by atoms with Crippen molar-refractivity contribution >= 4 is 11.9 Å². The molecule has 166 valence electrons. The van der Waals surface area contributed by atoms with Crippen molar-refractivity contribution in [2.45, 2.75) is 58.0 Å². The lowest BCUT2D eigenvalue weighted by molar-refractivity contribution is -0.194. The van der Waals surface area contributed by atoms with Crippen LogP contribution in [0.25, 0.3) is 0 Å². The molecule has 3 aliphatic rings. The van der Waals surface area contributed by atoms with Gasteiger partial charge in [0.25, 0.3) is 0 Å². The van der Waals surface area contributed by atoms with Crippen molar-refractivity contribution in [1.82, 2.24) is 0 Å². The van der Waals surface area contributed by atoms with Crippen LogP contribution in [0.5, 0.6) is 0 Å². The van der Waals surface area contributed by atoms with Gasteiger partial charge in [0.15, 0.2) is 11.9 Å². The molecule has 1 aliphatic heterocycles. The van der Waals surface area contributed by atoms with Gasteiger partial charge < -0.3 is 24.1 Å². The third-order valence-corrected chi connectivity index (χ3v) is 7.01. The van der Waals surface area contributed by atoms with E-state index in [9.17, 15) is 14.7 Å². The Bertz CT molecular complexity index is 776. The fourth-order valence-corrected chi connectivity index (χ4v) is 5.66. The van der Waals surface area contributed by atoms with Crippen LogP contribution in [0.3, 0.4) is 0 Å². The van der Waals surface area contributed by atoms with Crippen molar-refractivity contribution in [2.75, 3.05) is 20.8 Å². The number of hydrogen-bond acceptors (Lipinski definition) is 7. The minimum Gasteiger partial charge on any atom is -0.459 e. The van der Waals surface area contributed by atoms with Gasteiger partial charge in [-0.15, -0.1) is 0 Å². The number of carbonyl (C=O) groups is 2. The molecule has 0 amide bonds. The molecule has 1 saturated heterocycles. The Balaban J connectivity index is 1.86. The number of aliphatic hydroxyl groups is 1. The lowest BCUT2D eigenvalue weighted by Gasteiger charge is -2.59. The van der Waals surface area contributed by atoms with Crippen LogP contribution in [0.4, 0.5) is 0 Å². The number of allylic oxidation sites excluding steroid dienone is 2. The van der Waals surface area contributed by atoms with Crippen LogP contribution in [0, 0.1) is 16.7 Å². The zero-order valence-corrected chi connectivity index (χ0v) is 18.3. The molecule has 30 heavy (non-hydrogen) atoms. The third kappa shape index (κ3) is 3.63. The van der Waals surface area contributed by atoms with Crippen molar-refractivity contribution in [3.63, 3.8) is 0 Å². The number of cyclic esters (lactones) is 1. The van der Waals surface area contributed by atoms with Gasteiger partial charge in [-0.3, -0.25) is 0 Å². The minimum atomic E-state index is -1.66. The number of fused-ring (bicyclic) bond motifs is 3. The summed E-state index contributed by atoms with van der Waals surface area (Å²) in [5.41, 5.74) is -2.17. The van der Waals surface area contributed by atoms with Crippen LogP contribution in [0.1, 0.15) is 40.0 Å². The van der Waals surface area contributed by atoms with Crippen LogP contribution in [-0.2, 0) is 28.5 Å². The number of hydrogen-bond donors (Lipinski definition) is 1. The molecule has 0 aromatic rings. The zero-order valence-electron chi connectivity index (χ0n) is 18.3. The normalized spacial score (nSPS) is 35.3. The highest BCUT2D eigenvalue weighted by atomic mass is 16.7. The SMILES string of the molecule is COC(/C=C/C=C/C(=O)O[C@@H]1C=C2COC(=O)[C@]2(O)[C@@]2(C)CCCC(C)(C)[C@H]12)OC. The van der Waals surface area contributed by atoms with Crippen molar-refractivity contribution in [2.24, 2.45) is 16.7 Å². The predicted octanol–water partition coefficient (Wildman–Crippen LogP) is 2.69. The third-order valence-electron chi connectivity index (χ3n) is 7.01. The van der Waals surface area contributed by atoms with E-state index in [1.165, 1.54) is 20.3 Å². The molecule has 7 heteroatoms. The van der Waals surface area contributed by atoms with Gasteiger partial charge in [-0.1, -0.05) is 39.3 Å². The molecule has 1 N–H and O–H groups in total. The van der Waals surface area contributed by atoms with Crippen molar-refractivity contribution in [3.05, 3.63) is 36.0 Å². The minimum absolute atomic E-state index is 0.0279. The van der Waals surface area contributed by atoms with E-state index in [2.05, 4.69) is 13.8 Å². The van der Waals surface area contributed by atoms with Crippen LogP contribution in [0.15, 0.2) is 36.0 Å². The number of carbonyl (C=O) groups excluding carboxylic acids is 2. The maximum absolute atomic E-state index is 12.5. The van der Waals surface area contributed by atoms with Gasteiger partial charge in [0, 0.05) is 37.2 Å². The molecular weight excluding hydrogens is 388 g/mol. The van der Waals surface area contributed by atoms with E-state index < -0.39 is 35.3 Å². The van der Waals surface area contributed by atoms with Gasteiger partial charge in [0.2, 0.25) is 0 Å². The van der Waals surface area contributed by atoms with Gasteiger partial charge in [-0.2, -0.15) is 0 Å². The van der Waals surface area contributed by atoms with E-state index in [-0.39, 0.29) is 17.9 Å². The molecular formula is C23H32O7.